The minimum absolute atomic E-state index is 0.137. The molecular formula is C49H37N. The Labute approximate surface area is 294 Å². The van der Waals surface area contributed by atoms with Crippen LogP contribution in [0.3, 0.4) is 0 Å². The number of nitrogens with zero attached hydrogens (tertiary/aromatic N) is 1. The van der Waals surface area contributed by atoms with Gasteiger partial charge in [0.25, 0.3) is 0 Å². The van der Waals surface area contributed by atoms with Crippen molar-refractivity contribution < 1.29 is 0 Å². The van der Waals surface area contributed by atoms with Crippen LogP contribution in [-0.2, 0) is 5.41 Å². The van der Waals surface area contributed by atoms with Crippen LogP contribution in [0.4, 0.5) is 17.1 Å². The summed E-state index contributed by atoms with van der Waals surface area (Å²) in [6.07, 6.45) is 0. The number of hydrogen-bond acceptors (Lipinski definition) is 1. The van der Waals surface area contributed by atoms with E-state index < -0.39 is 0 Å². The first kappa shape index (κ1) is 29.9. The lowest BCUT2D eigenvalue weighted by molar-refractivity contribution is 0.645. The van der Waals surface area contributed by atoms with E-state index in [9.17, 15) is 0 Å². The van der Waals surface area contributed by atoms with Gasteiger partial charge in [-0.25, -0.2) is 0 Å². The molecule has 0 saturated carbocycles. The van der Waals surface area contributed by atoms with E-state index >= 15 is 0 Å². The second-order valence-corrected chi connectivity index (χ2v) is 13.8. The Morgan fingerprint density at radius 3 is 1.48 bits per heavy atom. The summed E-state index contributed by atoms with van der Waals surface area (Å²) >= 11 is 0. The molecule has 0 amide bonds. The average Bonchev–Trinajstić information content (AvgIpc) is 3.18. The fourth-order valence-electron chi connectivity index (χ4n) is 7.90. The van der Waals surface area contributed by atoms with Gasteiger partial charge in [0.05, 0.1) is 0 Å². The van der Waals surface area contributed by atoms with Crippen LogP contribution in [-0.4, -0.2) is 0 Å². The summed E-state index contributed by atoms with van der Waals surface area (Å²) in [5, 5.41) is 2.68. The Kier molecular flexibility index (Phi) is 7.21. The number of rotatable bonds is 6. The molecule has 0 fully saturated rings. The van der Waals surface area contributed by atoms with E-state index in [4.69, 9.17) is 0 Å². The smallest absolute Gasteiger partial charge is 0.0462 e. The molecule has 9 rings (SSSR count). The van der Waals surface area contributed by atoms with Crippen LogP contribution in [0.2, 0.25) is 0 Å². The first-order chi connectivity index (χ1) is 24.6. The fourth-order valence-corrected chi connectivity index (χ4v) is 7.90. The standard InChI is InChI=1S/C49H37N/c1-49(2)45-20-12-15-38-27-31-43(37-13-6-3-7-14-37)48(47(38)45)44-32-28-39(33-46(44)49)36-23-21-34(22-24-36)35-25-29-42(30-26-35)50(40-16-8-4-9-17-40)41-18-10-5-11-19-41/h3-33H,1-2H3. The Hall–Kier alpha value is -6.18. The summed E-state index contributed by atoms with van der Waals surface area (Å²) < 4.78 is 0. The summed E-state index contributed by atoms with van der Waals surface area (Å²) in [6, 6.07) is 68.4. The Morgan fingerprint density at radius 1 is 0.360 bits per heavy atom. The third-order valence-electron chi connectivity index (χ3n) is 10.5. The van der Waals surface area contributed by atoms with Crippen LogP contribution in [0.1, 0.15) is 25.0 Å². The molecule has 0 atom stereocenters. The van der Waals surface area contributed by atoms with Crippen molar-refractivity contribution in [3.63, 3.8) is 0 Å². The SMILES string of the molecule is CC1(C)c2cc(-c3ccc(-c4ccc(N(c5ccccc5)c5ccccc5)cc4)cc3)ccc2-c2c(-c3ccccc3)ccc3cccc1c23. The quantitative estimate of drug-likeness (QED) is 0.175. The number of fused-ring (bicyclic) bond motifs is 2. The predicted octanol–water partition coefficient (Wildman–Crippen LogP) is 13.6. The van der Waals surface area contributed by atoms with Crippen LogP contribution >= 0.6 is 0 Å². The highest BCUT2D eigenvalue weighted by Crippen LogP contribution is 2.52. The second kappa shape index (κ2) is 12.1. The minimum atomic E-state index is -0.137. The maximum atomic E-state index is 2.43. The van der Waals surface area contributed by atoms with Gasteiger partial charge >= 0.3 is 0 Å². The molecule has 1 aliphatic rings. The Morgan fingerprint density at radius 2 is 0.860 bits per heavy atom. The van der Waals surface area contributed by atoms with Crippen molar-refractivity contribution >= 4 is 27.8 Å². The minimum Gasteiger partial charge on any atom is -0.311 e. The molecule has 1 nitrogen and oxygen atoms in total. The summed E-state index contributed by atoms with van der Waals surface area (Å²) in [5.74, 6) is 0. The molecule has 0 unspecified atom stereocenters. The zero-order valence-electron chi connectivity index (χ0n) is 28.3. The molecule has 0 radical (unpaired) electrons. The summed E-state index contributed by atoms with van der Waals surface area (Å²) in [7, 11) is 0. The van der Waals surface area contributed by atoms with Gasteiger partial charge in [-0.3, -0.25) is 0 Å². The maximum absolute atomic E-state index is 2.43. The van der Waals surface area contributed by atoms with Gasteiger partial charge in [-0.1, -0.05) is 159 Å². The van der Waals surface area contributed by atoms with Gasteiger partial charge < -0.3 is 4.90 Å². The summed E-state index contributed by atoms with van der Waals surface area (Å²) in [5.41, 5.74) is 16.1. The van der Waals surface area contributed by atoms with Gasteiger partial charge in [-0.2, -0.15) is 0 Å². The molecule has 0 bridgehead atoms. The number of anilines is 3. The average molecular weight is 640 g/mol. The molecule has 8 aromatic rings. The molecule has 0 spiro atoms. The lowest BCUT2D eigenvalue weighted by Gasteiger charge is -2.36. The molecule has 1 heteroatoms. The van der Waals surface area contributed by atoms with E-state index in [1.807, 2.05) is 0 Å². The van der Waals surface area contributed by atoms with Crippen molar-refractivity contribution in [1.29, 1.82) is 0 Å². The van der Waals surface area contributed by atoms with Crippen molar-refractivity contribution in [3.8, 4) is 44.5 Å². The third kappa shape index (κ3) is 5.02. The van der Waals surface area contributed by atoms with Crippen molar-refractivity contribution in [2.75, 3.05) is 4.90 Å². The molecule has 0 aliphatic heterocycles. The molecule has 1 aliphatic carbocycles. The Balaban J connectivity index is 1.07. The third-order valence-corrected chi connectivity index (χ3v) is 10.5. The van der Waals surface area contributed by atoms with Crippen LogP contribution in [0, 0.1) is 0 Å². The number of hydrogen-bond donors (Lipinski definition) is 0. The van der Waals surface area contributed by atoms with E-state index in [1.165, 1.54) is 66.4 Å². The molecule has 0 heterocycles. The summed E-state index contributed by atoms with van der Waals surface area (Å²) in [6.45, 7) is 4.76. The number of para-hydroxylation sites is 2. The van der Waals surface area contributed by atoms with Crippen LogP contribution in [0.25, 0.3) is 55.3 Å². The van der Waals surface area contributed by atoms with Crippen molar-refractivity contribution in [2.45, 2.75) is 19.3 Å². The molecular weight excluding hydrogens is 603 g/mol. The van der Waals surface area contributed by atoms with Gasteiger partial charge in [-0.05, 0) is 109 Å². The number of benzene rings is 8. The van der Waals surface area contributed by atoms with Crippen LogP contribution in [0.15, 0.2) is 188 Å². The predicted molar refractivity (Wildman–Crippen MR) is 213 cm³/mol. The van der Waals surface area contributed by atoms with Crippen molar-refractivity contribution in [1.82, 2.24) is 0 Å². The first-order valence-corrected chi connectivity index (χ1v) is 17.4. The molecule has 0 aromatic heterocycles. The van der Waals surface area contributed by atoms with Crippen LogP contribution in [0.5, 0.6) is 0 Å². The van der Waals surface area contributed by atoms with E-state index in [1.54, 1.807) is 0 Å². The van der Waals surface area contributed by atoms with E-state index in [0.29, 0.717) is 0 Å². The topological polar surface area (TPSA) is 3.24 Å². The normalized spacial score (nSPS) is 12.8. The summed E-state index contributed by atoms with van der Waals surface area (Å²) in [4.78, 5) is 2.30. The first-order valence-electron chi connectivity index (χ1n) is 17.4. The fraction of sp³-hybridized carbons (Fsp3) is 0.0612. The Bertz CT molecular complexity index is 2420. The van der Waals surface area contributed by atoms with Gasteiger partial charge in [0.2, 0.25) is 0 Å². The highest BCUT2D eigenvalue weighted by molar-refractivity contribution is 6.09. The van der Waals surface area contributed by atoms with E-state index in [0.717, 1.165) is 17.1 Å². The zero-order chi connectivity index (χ0) is 33.7. The van der Waals surface area contributed by atoms with Gasteiger partial charge in [-0.15, -0.1) is 0 Å². The van der Waals surface area contributed by atoms with Crippen molar-refractivity contribution in [2.24, 2.45) is 0 Å². The highest BCUT2D eigenvalue weighted by atomic mass is 15.1. The van der Waals surface area contributed by atoms with E-state index in [2.05, 4.69) is 207 Å². The molecule has 0 saturated heterocycles. The lowest BCUT2D eigenvalue weighted by atomic mass is 9.67. The van der Waals surface area contributed by atoms with Crippen molar-refractivity contribution in [3.05, 3.63) is 199 Å². The maximum Gasteiger partial charge on any atom is 0.0462 e. The largest absolute Gasteiger partial charge is 0.311 e. The highest BCUT2D eigenvalue weighted by Gasteiger charge is 2.34. The lowest BCUT2D eigenvalue weighted by Crippen LogP contribution is -2.24. The van der Waals surface area contributed by atoms with Gasteiger partial charge in [0.1, 0.15) is 0 Å². The van der Waals surface area contributed by atoms with Crippen LogP contribution < -0.4 is 4.90 Å². The zero-order valence-corrected chi connectivity index (χ0v) is 28.3. The van der Waals surface area contributed by atoms with Gasteiger partial charge in [0.15, 0.2) is 0 Å². The van der Waals surface area contributed by atoms with Gasteiger partial charge in [0, 0.05) is 22.5 Å². The molecule has 50 heavy (non-hydrogen) atoms. The molecule has 0 N–H and O–H groups in total. The molecule has 238 valence electrons. The monoisotopic (exact) mass is 639 g/mol. The second-order valence-electron chi connectivity index (χ2n) is 13.8. The molecule has 8 aromatic carbocycles. The van der Waals surface area contributed by atoms with E-state index in [-0.39, 0.29) is 5.41 Å².